The van der Waals surface area contributed by atoms with Gasteiger partial charge in [0.2, 0.25) is 0 Å². The number of rotatable bonds is 1. The van der Waals surface area contributed by atoms with Gasteiger partial charge in [0.05, 0.1) is 15.3 Å². The van der Waals surface area contributed by atoms with Crippen LogP contribution < -0.4 is 0 Å². The molecule has 1 aromatic heterocycles. The van der Waals surface area contributed by atoms with Crippen molar-refractivity contribution < 1.29 is 0 Å². The lowest BCUT2D eigenvalue weighted by Gasteiger charge is -1.98. The van der Waals surface area contributed by atoms with E-state index in [2.05, 4.69) is 33.4 Å². The van der Waals surface area contributed by atoms with Crippen molar-refractivity contribution >= 4 is 27.3 Å². The zero-order valence-corrected chi connectivity index (χ0v) is 8.20. The molecule has 1 aliphatic rings. The molecule has 1 aliphatic carbocycles. The van der Waals surface area contributed by atoms with Crippen molar-refractivity contribution in [3.63, 3.8) is 0 Å². The Balaban J connectivity index is 2.38. The molecular weight excluding hydrogens is 222 g/mol. The van der Waals surface area contributed by atoms with Crippen molar-refractivity contribution in [1.82, 2.24) is 0 Å². The predicted octanol–water partition coefficient (Wildman–Crippen LogP) is 3.07. The summed E-state index contributed by atoms with van der Waals surface area (Å²) in [6.45, 7) is 0. The summed E-state index contributed by atoms with van der Waals surface area (Å²) in [6.07, 6.45) is 2.07. The molecule has 0 aliphatic heterocycles. The molecule has 1 fully saturated rings. The smallest absolute Gasteiger partial charge is 0.0832 e. The van der Waals surface area contributed by atoms with Gasteiger partial charge in [-0.1, -0.05) is 0 Å². The lowest BCUT2D eigenvalue weighted by atomic mass is 10.0. The highest BCUT2D eigenvalue weighted by molar-refractivity contribution is 9.11. The number of hydrogen-bond donors (Lipinski definition) is 0. The largest absolute Gasteiger partial charge is 0.197 e. The van der Waals surface area contributed by atoms with Gasteiger partial charge in [-0.3, -0.25) is 0 Å². The van der Waals surface area contributed by atoms with E-state index in [-0.39, 0.29) is 5.41 Å². The Bertz CT molecular complexity index is 319. The minimum Gasteiger partial charge on any atom is -0.197 e. The molecule has 0 aromatic carbocycles. The van der Waals surface area contributed by atoms with E-state index < -0.39 is 0 Å². The van der Waals surface area contributed by atoms with Crippen LogP contribution in [0.3, 0.4) is 0 Å². The second-order valence-corrected chi connectivity index (χ2v) is 5.12. The minimum absolute atomic E-state index is 0.109. The topological polar surface area (TPSA) is 23.8 Å². The van der Waals surface area contributed by atoms with Crippen LogP contribution >= 0.6 is 27.3 Å². The third-order valence-corrected chi connectivity index (χ3v) is 3.59. The Morgan fingerprint density at radius 1 is 1.64 bits per heavy atom. The predicted molar refractivity (Wildman–Crippen MR) is 48.5 cm³/mol. The number of nitrogens with zero attached hydrogens (tertiary/aromatic N) is 1. The minimum atomic E-state index is -0.109. The van der Waals surface area contributed by atoms with Gasteiger partial charge in [-0.25, -0.2) is 0 Å². The maximum absolute atomic E-state index is 8.86. The van der Waals surface area contributed by atoms with Crippen LogP contribution in [-0.2, 0) is 5.41 Å². The molecule has 0 unspecified atom stereocenters. The van der Waals surface area contributed by atoms with Gasteiger partial charge < -0.3 is 0 Å². The first-order chi connectivity index (χ1) is 5.27. The second-order valence-electron chi connectivity index (χ2n) is 2.83. The van der Waals surface area contributed by atoms with E-state index in [9.17, 15) is 0 Å². The molecule has 0 amide bonds. The molecule has 2 rings (SSSR count). The van der Waals surface area contributed by atoms with Crippen molar-refractivity contribution in [2.45, 2.75) is 18.3 Å². The monoisotopic (exact) mass is 227 g/mol. The average molecular weight is 228 g/mol. The van der Waals surface area contributed by atoms with Crippen LogP contribution in [-0.4, -0.2) is 0 Å². The molecule has 0 N–H and O–H groups in total. The summed E-state index contributed by atoms with van der Waals surface area (Å²) in [7, 11) is 0. The van der Waals surface area contributed by atoms with E-state index >= 15 is 0 Å². The summed E-state index contributed by atoms with van der Waals surface area (Å²) < 4.78 is 1.12. The molecule has 1 saturated carbocycles. The van der Waals surface area contributed by atoms with Crippen molar-refractivity contribution in [1.29, 1.82) is 5.26 Å². The van der Waals surface area contributed by atoms with Gasteiger partial charge in [0, 0.05) is 0 Å². The molecule has 11 heavy (non-hydrogen) atoms. The van der Waals surface area contributed by atoms with Crippen molar-refractivity contribution in [3.8, 4) is 6.07 Å². The lowest BCUT2D eigenvalue weighted by molar-refractivity contribution is 0.915. The van der Waals surface area contributed by atoms with Crippen molar-refractivity contribution in [3.05, 3.63) is 20.8 Å². The van der Waals surface area contributed by atoms with Gasteiger partial charge in [-0.15, -0.1) is 11.3 Å². The summed E-state index contributed by atoms with van der Waals surface area (Å²) in [6, 6.07) is 4.42. The van der Waals surface area contributed by atoms with Crippen LogP contribution in [0.2, 0.25) is 0 Å². The van der Waals surface area contributed by atoms with Crippen molar-refractivity contribution in [2.24, 2.45) is 0 Å². The normalized spacial score (nSPS) is 19.3. The van der Waals surface area contributed by atoms with Gasteiger partial charge in [0.1, 0.15) is 0 Å². The fourth-order valence-corrected chi connectivity index (χ4v) is 2.41. The third-order valence-electron chi connectivity index (χ3n) is 2.08. The van der Waals surface area contributed by atoms with Gasteiger partial charge in [0.25, 0.3) is 0 Å². The van der Waals surface area contributed by atoms with Gasteiger partial charge in [-0.2, -0.15) is 5.26 Å². The lowest BCUT2D eigenvalue weighted by Crippen LogP contribution is -1.99. The Morgan fingerprint density at radius 3 is 2.73 bits per heavy atom. The number of nitriles is 1. The average Bonchev–Trinajstić information content (AvgIpc) is 2.70. The van der Waals surface area contributed by atoms with Gasteiger partial charge in [0.15, 0.2) is 0 Å². The summed E-state index contributed by atoms with van der Waals surface area (Å²) in [5.74, 6) is 0. The standard InChI is InChI=1S/C8H6BrNS/c9-7-3-6(4-11-7)8(5-10)1-2-8/h3-4H,1-2H2. The zero-order chi connectivity index (χ0) is 7.90. The molecule has 0 spiro atoms. The fourth-order valence-electron chi connectivity index (χ4n) is 1.15. The third kappa shape index (κ3) is 1.11. The van der Waals surface area contributed by atoms with Crippen LogP contribution in [0.1, 0.15) is 18.4 Å². The number of hydrogen-bond acceptors (Lipinski definition) is 2. The molecule has 0 atom stereocenters. The Morgan fingerprint density at radius 2 is 2.36 bits per heavy atom. The molecule has 0 saturated heterocycles. The van der Waals surface area contributed by atoms with E-state index in [0.29, 0.717) is 0 Å². The Hall–Kier alpha value is -0.330. The van der Waals surface area contributed by atoms with E-state index in [1.54, 1.807) is 11.3 Å². The maximum atomic E-state index is 8.86. The van der Waals surface area contributed by atoms with E-state index in [1.807, 2.05) is 0 Å². The molecule has 0 bridgehead atoms. The quantitative estimate of drug-likeness (QED) is 0.724. The summed E-state index contributed by atoms with van der Waals surface area (Å²) >= 11 is 5.04. The van der Waals surface area contributed by atoms with E-state index in [4.69, 9.17) is 5.26 Å². The highest BCUT2D eigenvalue weighted by atomic mass is 79.9. The van der Waals surface area contributed by atoms with Crippen LogP contribution in [0.4, 0.5) is 0 Å². The number of thiophene rings is 1. The highest BCUT2D eigenvalue weighted by Gasteiger charge is 2.45. The first-order valence-corrected chi connectivity index (χ1v) is 5.10. The summed E-state index contributed by atoms with van der Waals surface area (Å²) in [5.41, 5.74) is 1.08. The summed E-state index contributed by atoms with van der Waals surface area (Å²) in [4.78, 5) is 0. The molecule has 0 radical (unpaired) electrons. The molecule has 56 valence electrons. The molecule has 1 nitrogen and oxygen atoms in total. The molecule has 1 heterocycles. The second kappa shape index (κ2) is 2.33. The van der Waals surface area contributed by atoms with E-state index in [1.165, 1.54) is 5.56 Å². The van der Waals surface area contributed by atoms with Gasteiger partial charge >= 0.3 is 0 Å². The summed E-state index contributed by atoms with van der Waals surface area (Å²) in [5, 5.41) is 10.9. The van der Waals surface area contributed by atoms with Crippen LogP contribution in [0.5, 0.6) is 0 Å². The Labute approximate surface area is 77.8 Å². The van der Waals surface area contributed by atoms with Crippen molar-refractivity contribution in [2.75, 3.05) is 0 Å². The first kappa shape index (κ1) is 7.33. The van der Waals surface area contributed by atoms with Gasteiger partial charge in [-0.05, 0) is 45.8 Å². The zero-order valence-electron chi connectivity index (χ0n) is 5.80. The molecule has 1 aromatic rings. The first-order valence-electron chi connectivity index (χ1n) is 3.43. The van der Waals surface area contributed by atoms with E-state index in [0.717, 1.165) is 16.6 Å². The maximum Gasteiger partial charge on any atom is 0.0832 e. The van der Waals surface area contributed by atoms with Crippen LogP contribution in [0, 0.1) is 11.3 Å². The molecular formula is C8H6BrNS. The molecule has 3 heteroatoms. The number of halogens is 1. The van der Waals surface area contributed by atoms with Crippen LogP contribution in [0.25, 0.3) is 0 Å². The SMILES string of the molecule is N#CC1(c2csc(Br)c2)CC1. The highest BCUT2D eigenvalue weighted by Crippen LogP contribution is 2.49. The van der Waals surface area contributed by atoms with Crippen LogP contribution in [0.15, 0.2) is 15.2 Å². The fraction of sp³-hybridized carbons (Fsp3) is 0.375. The Kier molecular flexibility index (Phi) is 1.55.